The fourth-order valence-corrected chi connectivity index (χ4v) is 2.74. The van der Waals surface area contributed by atoms with Crippen molar-refractivity contribution in [2.24, 2.45) is 0 Å². The number of benzene rings is 1. The number of nitrogens with one attached hydrogen (secondary N) is 1. The molecule has 1 heterocycles. The van der Waals surface area contributed by atoms with Gasteiger partial charge in [-0.1, -0.05) is 41.9 Å². The van der Waals surface area contributed by atoms with Gasteiger partial charge in [-0.3, -0.25) is 4.72 Å². The van der Waals surface area contributed by atoms with Crippen molar-refractivity contribution in [3.63, 3.8) is 0 Å². The fourth-order valence-electron chi connectivity index (χ4n) is 1.49. The number of hydrogen-bond acceptors (Lipinski definition) is 4. The van der Waals surface area contributed by atoms with Crippen LogP contribution in [-0.4, -0.2) is 13.6 Å². The van der Waals surface area contributed by atoms with Crippen molar-refractivity contribution in [1.82, 2.24) is 5.16 Å². The first-order valence-electron chi connectivity index (χ1n) is 5.94. The molecule has 0 aliphatic rings. The Bertz CT molecular complexity index is 700. The number of halogens is 1. The van der Waals surface area contributed by atoms with E-state index in [1.54, 1.807) is 18.2 Å². The number of hydrogen-bond donors (Lipinski definition) is 1. The summed E-state index contributed by atoms with van der Waals surface area (Å²) >= 11 is 3.26. The molecule has 0 bridgehead atoms. The lowest BCUT2D eigenvalue weighted by molar-refractivity contribution is 0.331. The second-order valence-electron chi connectivity index (χ2n) is 5.39. The summed E-state index contributed by atoms with van der Waals surface area (Å²) in [5.74, 6) is 0.795. The van der Waals surface area contributed by atoms with Crippen LogP contribution in [-0.2, 0) is 15.4 Å². The Morgan fingerprint density at radius 1 is 1.20 bits per heavy atom. The van der Waals surface area contributed by atoms with E-state index in [0.717, 1.165) is 4.47 Å². The van der Waals surface area contributed by atoms with Crippen LogP contribution in [0.25, 0.3) is 0 Å². The van der Waals surface area contributed by atoms with E-state index in [1.165, 1.54) is 12.1 Å². The lowest BCUT2D eigenvalue weighted by Crippen LogP contribution is -2.13. The molecule has 2 rings (SSSR count). The normalized spacial score (nSPS) is 12.4. The first-order chi connectivity index (χ1) is 9.18. The Morgan fingerprint density at radius 3 is 2.30 bits per heavy atom. The van der Waals surface area contributed by atoms with E-state index in [0.29, 0.717) is 5.76 Å². The monoisotopic (exact) mass is 358 g/mol. The Hall–Kier alpha value is -1.34. The highest BCUT2D eigenvalue weighted by Crippen LogP contribution is 2.25. The minimum Gasteiger partial charge on any atom is -0.359 e. The molecule has 0 saturated heterocycles. The molecular weight excluding hydrogens is 344 g/mol. The molecule has 0 atom stereocenters. The number of sulfonamides is 1. The standard InChI is InChI=1S/C13H15BrN2O3S/c1-13(2,3)11-8-12(15-19-11)16-20(17,18)10-6-4-9(14)5-7-10/h4-8H,1-3H3,(H,15,16). The van der Waals surface area contributed by atoms with Gasteiger partial charge in [0.25, 0.3) is 10.0 Å². The van der Waals surface area contributed by atoms with Crippen LogP contribution in [0.15, 0.2) is 44.2 Å². The van der Waals surface area contributed by atoms with E-state index < -0.39 is 10.0 Å². The summed E-state index contributed by atoms with van der Waals surface area (Å²) in [6.07, 6.45) is 0. The van der Waals surface area contributed by atoms with Gasteiger partial charge in [-0.25, -0.2) is 8.42 Å². The molecule has 0 aliphatic carbocycles. The average Bonchev–Trinajstić information content (AvgIpc) is 2.77. The summed E-state index contributed by atoms with van der Waals surface area (Å²) < 4.78 is 32.7. The molecule has 0 aliphatic heterocycles. The summed E-state index contributed by atoms with van der Waals surface area (Å²) in [5.41, 5.74) is -0.228. The van der Waals surface area contributed by atoms with Crippen molar-refractivity contribution < 1.29 is 12.9 Å². The molecular formula is C13H15BrN2O3S. The Kier molecular flexibility index (Phi) is 3.93. The van der Waals surface area contributed by atoms with Gasteiger partial charge >= 0.3 is 0 Å². The summed E-state index contributed by atoms with van der Waals surface area (Å²) in [6.45, 7) is 5.88. The van der Waals surface area contributed by atoms with Crippen molar-refractivity contribution in [1.29, 1.82) is 0 Å². The van der Waals surface area contributed by atoms with E-state index in [4.69, 9.17) is 4.52 Å². The van der Waals surface area contributed by atoms with Crippen LogP contribution in [0.1, 0.15) is 26.5 Å². The summed E-state index contributed by atoms with van der Waals surface area (Å²) in [4.78, 5) is 0.168. The molecule has 1 N–H and O–H groups in total. The molecule has 20 heavy (non-hydrogen) atoms. The third kappa shape index (κ3) is 3.40. The molecule has 0 amide bonds. The maximum Gasteiger partial charge on any atom is 0.263 e. The van der Waals surface area contributed by atoms with Gasteiger partial charge in [-0.15, -0.1) is 0 Å². The summed E-state index contributed by atoms with van der Waals surface area (Å²) in [5, 5.41) is 3.74. The first-order valence-corrected chi connectivity index (χ1v) is 8.22. The number of rotatable bonds is 3. The van der Waals surface area contributed by atoms with Crippen LogP contribution in [0.2, 0.25) is 0 Å². The molecule has 0 radical (unpaired) electrons. The molecule has 1 aromatic heterocycles. The van der Waals surface area contributed by atoms with Gasteiger partial charge in [0.2, 0.25) is 0 Å². The lowest BCUT2D eigenvalue weighted by atomic mass is 9.93. The van der Waals surface area contributed by atoms with Crippen molar-refractivity contribution >= 4 is 31.8 Å². The van der Waals surface area contributed by atoms with Crippen LogP contribution in [0, 0.1) is 0 Å². The lowest BCUT2D eigenvalue weighted by Gasteiger charge is -2.12. The molecule has 0 saturated carbocycles. The van der Waals surface area contributed by atoms with Gasteiger partial charge in [0, 0.05) is 16.0 Å². The predicted octanol–water partition coefficient (Wildman–Crippen LogP) is 3.54. The van der Waals surface area contributed by atoms with Crippen molar-refractivity contribution in [3.05, 3.63) is 40.6 Å². The van der Waals surface area contributed by atoms with Crippen LogP contribution >= 0.6 is 15.9 Å². The maximum atomic E-state index is 12.2. The van der Waals surface area contributed by atoms with Crippen LogP contribution in [0.4, 0.5) is 5.82 Å². The molecule has 0 fully saturated rings. The highest BCUT2D eigenvalue weighted by molar-refractivity contribution is 9.10. The number of aromatic nitrogens is 1. The molecule has 2 aromatic rings. The zero-order chi connectivity index (χ0) is 15.0. The molecule has 7 heteroatoms. The quantitative estimate of drug-likeness (QED) is 0.910. The number of anilines is 1. The molecule has 5 nitrogen and oxygen atoms in total. The maximum absolute atomic E-state index is 12.2. The highest BCUT2D eigenvalue weighted by Gasteiger charge is 2.22. The van der Waals surface area contributed by atoms with E-state index >= 15 is 0 Å². The Balaban J connectivity index is 2.25. The fraction of sp³-hybridized carbons (Fsp3) is 0.308. The van der Waals surface area contributed by atoms with E-state index in [-0.39, 0.29) is 16.1 Å². The zero-order valence-electron chi connectivity index (χ0n) is 11.3. The first kappa shape index (κ1) is 15.1. The number of nitrogens with zero attached hydrogens (tertiary/aromatic N) is 1. The van der Waals surface area contributed by atoms with Gasteiger partial charge in [-0.2, -0.15) is 0 Å². The van der Waals surface area contributed by atoms with Crippen LogP contribution in [0.5, 0.6) is 0 Å². The van der Waals surface area contributed by atoms with Crippen LogP contribution in [0.3, 0.4) is 0 Å². The van der Waals surface area contributed by atoms with Gasteiger partial charge in [0.05, 0.1) is 4.90 Å². The summed E-state index contributed by atoms with van der Waals surface area (Å²) in [6, 6.07) is 7.95. The summed E-state index contributed by atoms with van der Waals surface area (Å²) in [7, 11) is -3.66. The largest absolute Gasteiger partial charge is 0.359 e. The Morgan fingerprint density at radius 2 is 1.80 bits per heavy atom. The SMILES string of the molecule is CC(C)(C)c1cc(NS(=O)(=O)c2ccc(Br)cc2)no1. The highest BCUT2D eigenvalue weighted by atomic mass is 79.9. The average molecular weight is 359 g/mol. The van der Waals surface area contributed by atoms with E-state index in [2.05, 4.69) is 25.8 Å². The molecule has 0 unspecified atom stereocenters. The van der Waals surface area contributed by atoms with Crippen molar-refractivity contribution in [2.45, 2.75) is 31.1 Å². The minimum absolute atomic E-state index is 0.168. The van der Waals surface area contributed by atoms with Crippen LogP contribution < -0.4 is 4.72 Å². The van der Waals surface area contributed by atoms with Gasteiger partial charge in [0.15, 0.2) is 5.82 Å². The van der Waals surface area contributed by atoms with Gasteiger partial charge < -0.3 is 4.52 Å². The van der Waals surface area contributed by atoms with Gasteiger partial charge in [-0.05, 0) is 24.3 Å². The smallest absolute Gasteiger partial charge is 0.263 e. The molecule has 1 aromatic carbocycles. The second kappa shape index (κ2) is 5.21. The van der Waals surface area contributed by atoms with E-state index in [9.17, 15) is 8.42 Å². The third-order valence-electron chi connectivity index (χ3n) is 2.61. The topological polar surface area (TPSA) is 72.2 Å². The van der Waals surface area contributed by atoms with Crippen molar-refractivity contribution in [2.75, 3.05) is 4.72 Å². The minimum atomic E-state index is -3.66. The third-order valence-corrected chi connectivity index (χ3v) is 4.51. The van der Waals surface area contributed by atoms with Crippen molar-refractivity contribution in [3.8, 4) is 0 Å². The van der Waals surface area contributed by atoms with E-state index in [1.807, 2.05) is 20.8 Å². The molecule has 108 valence electrons. The Labute approximate surface area is 126 Å². The van der Waals surface area contributed by atoms with Gasteiger partial charge in [0.1, 0.15) is 5.76 Å². The predicted molar refractivity (Wildman–Crippen MR) is 80.2 cm³/mol. The second-order valence-corrected chi connectivity index (χ2v) is 7.98. The molecule has 0 spiro atoms. The zero-order valence-corrected chi connectivity index (χ0v) is 13.7.